The molecule has 0 saturated heterocycles. The summed E-state index contributed by atoms with van der Waals surface area (Å²) in [7, 11) is 1.71. The lowest BCUT2D eigenvalue weighted by Gasteiger charge is -2.19. The first-order valence-electron chi connectivity index (χ1n) is 6.95. The molecule has 0 radical (unpaired) electrons. The summed E-state index contributed by atoms with van der Waals surface area (Å²) in [6, 6.07) is 14.9. The standard InChI is InChI=1S/C17H19Br2NO/c1-3-16(12-4-6-14(18)7-5-12)20-11-13-10-15(19)8-9-17(13)21-2/h4-10,16,20H,3,11H2,1-2H3. The smallest absolute Gasteiger partial charge is 0.123 e. The van der Waals surface area contributed by atoms with Crippen LogP contribution in [-0.4, -0.2) is 7.11 Å². The fourth-order valence-corrected chi connectivity index (χ4v) is 2.98. The molecule has 0 aromatic heterocycles. The quantitative estimate of drug-likeness (QED) is 0.679. The van der Waals surface area contributed by atoms with Gasteiger partial charge in [-0.1, -0.05) is 50.9 Å². The third-order valence-electron chi connectivity index (χ3n) is 3.46. The van der Waals surface area contributed by atoms with Crippen molar-refractivity contribution in [1.29, 1.82) is 0 Å². The van der Waals surface area contributed by atoms with E-state index < -0.39 is 0 Å². The normalized spacial score (nSPS) is 12.2. The SMILES string of the molecule is CCC(NCc1cc(Br)ccc1OC)c1ccc(Br)cc1. The molecule has 2 aromatic rings. The maximum Gasteiger partial charge on any atom is 0.123 e. The van der Waals surface area contributed by atoms with E-state index in [0.29, 0.717) is 6.04 Å². The molecule has 0 amide bonds. The number of benzene rings is 2. The van der Waals surface area contributed by atoms with Crippen molar-refractivity contribution in [1.82, 2.24) is 5.32 Å². The molecule has 1 unspecified atom stereocenters. The van der Waals surface area contributed by atoms with Crippen molar-refractivity contribution in [2.45, 2.75) is 25.9 Å². The second kappa shape index (κ2) is 7.97. The highest BCUT2D eigenvalue weighted by atomic mass is 79.9. The number of hydrogen-bond acceptors (Lipinski definition) is 2. The van der Waals surface area contributed by atoms with Gasteiger partial charge in [-0.15, -0.1) is 0 Å². The van der Waals surface area contributed by atoms with Crippen LogP contribution >= 0.6 is 31.9 Å². The number of methoxy groups -OCH3 is 1. The topological polar surface area (TPSA) is 21.3 Å². The molecule has 0 saturated carbocycles. The van der Waals surface area contributed by atoms with Crippen LogP contribution in [0.2, 0.25) is 0 Å². The van der Waals surface area contributed by atoms with Gasteiger partial charge in [-0.05, 0) is 42.3 Å². The van der Waals surface area contributed by atoms with Gasteiger partial charge in [0.1, 0.15) is 5.75 Å². The monoisotopic (exact) mass is 411 g/mol. The van der Waals surface area contributed by atoms with Gasteiger partial charge in [0.15, 0.2) is 0 Å². The highest BCUT2D eigenvalue weighted by molar-refractivity contribution is 9.10. The molecule has 2 nitrogen and oxygen atoms in total. The zero-order valence-corrected chi connectivity index (χ0v) is 15.4. The summed E-state index contributed by atoms with van der Waals surface area (Å²) in [4.78, 5) is 0. The number of halogens is 2. The van der Waals surface area contributed by atoms with Crippen molar-refractivity contribution >= 4 is 31.9 Å². The first-order valence-corrected chi connectivity index (χ1v) is 8.54. The van der Waals surface area contributed by atoms with Crippen LogP contribution in [0.1, 0.15) is 30.5 Å². The van der Waals surface area contributed by atoms with Gasteiger partial charge in [0, 0.05) is 27.1 Å². The van der Waals surface area contributed by atoms with Gasteiger partial charge in [-0.2, -0.15) is 0 Å². The van der Waals surface area contributed by atoms with Gasteiger partial charge in [-0.3, -0.25) is 0 Å². The van der Waals surface area contributed by atoms with Crippen molar-refractivity contribution in [2.75, 3.05) is 7.11 Å². The summed E-state index contributed by atoms with van der Waals surface area (Å²) in [5.41, 5.74) is 2.46. The first kappa shape index (κ1) is 16.5. The number of rotatable bonds is 6. The van der Waals surface area contributed by atoms with Gasteiger partial charge in [-0.25, -0.2) is 0 Å². The van der Waals surface area contributed by atoms with E-state index in [1.54, 1.807) is 7.11 Å². The van der Waals surface area contributed by atoms with Gasteiger partial charge in [0.25, 0.3) is 0 Å². The average Bonchev–Trinajstić information content (AvgIpc) is 2.50. The molecule has 2 aromatic carbocycles. The van der Waals surface area contributed by atoms with Crippen LogP contribution in [0.25, 0.3) is 0 Å². The molecular weight excluding hydrogens is 394 g/mol. The third kappa shape index (κ3) is 4.56. The van der Waals surface area contributed by atoms with E-state index >= 15 is 0 Å². The third-order valence-corrected chi connectivity index (χ3v) is 4.48. The van der Waals surface area contributed by atoms with Crippen molar-refractivity contribution in [3.05, 3.63) is 62.5 Å². The van der Waals surface area contributed by atoms with Gasteiger partial charge >= 0.3 is 0 Å². The molecule has 0 aliphatic rings. The van der Waals surface area contributed by atoms with Crippen molar-refractivity contribution in [3.8, 4) is 5.75 Å². The van der Waals surface area contributed by atoms with Crippen LogP contribution < -0.4 is 10.1 Å². The zero-order valence-electron chi connectivity index (χ0n) is 12.2. The molecule has 0 heterocycles. The Morgan fingerprint density at radius 1 is 1.05 bits per heavy atom. The van der Waals surface area contributed by atoms with E-state index in [1.165, 1.54) is 5.56 Å². The molecule has 0 aliphatic heterocycles. The maximum atomic E-state index is 5.42. The minimum atomic E-state index is 0.335. The Bertz CT molecular complexity index is 584. The summed E-state index contributed by atoms with van der Waals surface area (Å²) in [5, 5.41) is 3.61. The van der Waals surface area contributed by atoms with E-state index in [4.69, 9.17) is 4.74 Å². The molecule has 1 N–H and O–H groups in total. The summed E-state index contributed by atoms with van der Waals surface area (Å²) in [5.74, 6) is 0.913. The fraction of sp³-hybridized carbons (Fsp3) is 0.294. The second-order valence-corrected chi connectivity index (χ2v) is 6.68. The predicted octanol–water partition coefficient (Wildman–Crippen LogP) is 5.46. The molecule has 21 heavy (non-hydrogen) atoms. The Hall–Kier alpha value is -0.840. The van der Waals surface area contributed by atoms with Gasteiger partial charge in [0.2, 0.25) is 0 Å². The maximum absolute atomic E-state index is 5.42. The molecule has 0 aliphatic carbocycles. The minimum Gasteiger partial charge on any atom is -0.496 e. The van der Waals surface area contributed by atoms with Gasteiger partial charge in [0.05, 0.1) is 7.11 Å². The van der Waals surface area contributed by atoms with E-state index in [2.05, 4.69) is 74.4 Å². The lowest BCUT2D eigenvalue weighted by atomic mass is 10.0. The minimum absolute atomic E-state index is 0.335. The summed E-state index contributed by atoms with van der Waals surface area (Å²) in [6.45, 7) is 2.97. The average molecular weight is 413 g/mol. The van der Waals surface area contributed by atoms with Crippen LogP contribution in [0.15, 0.2) is 51.4 Å². The molecule has 0 fully saturated rings. The van der Waals surface area contributed by atoms with Crippen molar-refractivity contribution < 1.29 is 4.74 Å². The zero-order chi connectivity index (χ0) is 15.2. The Morgan fingerprint density at radius 3 is 2.33 bits per heavy atom. The Morgan fingerprint density at radius 2 is 1.71 bits per heavy atom. The highest BCUT2D eigenvalue weighted by Gasteiger charge is 2.10. The molecule has 2 rings (SSSR count). The lowest BCUT2D eigenvalue weighted by Crippen LogP contribution is -2.20. The molecule has 112 valence electrons. The summed E-state index contributed by atoms with van der Waals surface area (Å²) in [6.07, 6.45) is 1.04. The van der Waals surface area contributed by atoms with Crippen LogP contribution in [0.4, 0.5) is 0 Å². The van der Waals surface area contributed by atoms with E-state index in [9.17, 15) is 0 Å². The molecule has 1 atom stereocenters. The molecule has 4 heteroatoms. The Labute approximate surface area is 143 Å². The first-order chi connectivity index (χ1) is 10.1. The van der Waals surface area contributed by atoms with E-state index in [-0.39, 0.29) is 0 Å². The molecule has 0 spiro atoms. The van der Waals surface area contributed by atoms with Crippen LogP contribution in [-0.2, 0) is 6.54 Å². The number of ether oxygens (including phenoxy) is 1. The highest BCUT2D eigenvalue weighted by Crippen LogP contribution is 2.25. The lowest BCUT2D eigenvalue weighted by molar-refractivity contribution is 0.404. The molecule has 0 bridgehead atoms. The summed E-state index contributed by atoms with van der Waals surface area (Å²) >= 11 is 6.99. The van der Waals surface area contributed by atoms with Crippen LogP contribution in [0, 0.1) is 0 Å². The second-order valence-electron chi connectivity index (χ2n) is 4.85. The largest absolute Gasteiger partial charge is 0.496 e. The predicted molar refractivity (Wildman–Crippen MR) is 94.7 cm³/mol. The van der Waals surface area contributed by atoms with Crippen molar-refractivity contribution in [3.63, 3.8) is 0 Å². The number of nitrogens with one attached hydrogen (secondary N) is 1. The fourth-order valence-electron chi connectivity index (χ4n) is 2.31. The van der Waals surface area contributed by atoms with Crippen LogP contribution in [0.5, 0.6) is 5.75 Å². The van der Waals surface area contributed by atoms with Gasteiger partial charge < -0.3 is 10.1 Å². The van der Waals surface area contributed by atoms with E-state index in [1.807, 2.05) is 12.1 Å². The Kier molecular flexibility index (Phi) is 6.27. The number of hydrogen-bond donors (Lipinski definition) is 1. The molecular formula is C17H19Br2NO. The summed E-state index contributed by atoms with van der Waals surface area (Å²) < 4.78 is 7.59. The van der Waals surface area contributed by atoms with Crippen molar-refractivity contribution in [2.24, 2.45) is 0 Å². The van der Waals surface area contributed by atoms with Crippen LogP contribution in [0.3, 0.4) is 0 Å². The van der Waals surface area contributed by atoms with E-state index in [0.717, 1.165) is 33.2 Å². The Balaban J connectivity index is 2.10.